The molecule has 1 atom stereocenters. The van der Waals surface area contributed by atoms with Crippen LogP contribution in [-0.2, 0) is 9.53 Å². The highest BCUT2D eigenvalue weighted by atomic mass is 35.5. The number of para-hydroxylation sites is 1. The highest BCUT2D eigenvalue weighted by Gasteiger charge is 2.28. The fraction of sp³-hybridized carbons (Fsp3) is 0.429. The second-order valence-electron chi connectivity index (χ2n) is 4.69. The number of hydrogen-bond donors (Lipinski definition) is 2. The third-order valence-corrected chi connectivity index (χ3v) is 3.47. The first-order valence-electron chi connectivity index (χ1n) is 6.91. The number of nitrogens with zero attached hydrogens (tertiary/aromatic N) is 1. The maximum atomic E-state index is 12.3. The molecule has 1 fully saturated rings. The van der Waals surface area contributed by atoms with Crippen molar-refractivity contribution < 1.29 is 19.1 Å². The summed E-state index contributed by atoms with van der Waals surface area (Å²) in [6, 6.07) is 4.73. The van der Waals surface area contributed by atoms with Crippen molar-refractivity contribution in [2.24, 2.45) is 5.73 Å². The molecular weight excluding hydrogens is 310 g/mol. The van der Waals surface area contributed by atoms with Crippen LogP contribution >= 0.6 is 11.6 Å². The molecule has 22 heavy (non-hydrogen) atoms. The van der Waals surface area contributed by atoms with E-state index in [-0.39, 0.29) is 19.2 Å². The molecule has 1 heterocycles. The summed E-state index contributed by atoms with van der Waals surface area (Å²) >= 11 is 6.07. The van der Waals surface area contributed by atoms with E-state index in [0.717, 1.165) is 0 Å². The number of benzene rings is 1. The fourth-order valence-electron chi connectivity index (χ4n) is 2.10. The molecule has 1 aromatic carbocycles. The summed E-state index contributed by atoms with van der Waals surface area (Å²) in [5, 5.41) is 3.15. The number of morpholine rings is 1. The molecular formula is C14H18ClN3O4. The van der Waals surface area contributed by atoms with Crippen LogP contribution in [0.3, 0.4) is 0 Å². The number of primary amides is 1. The Bertz CT molecular complexity index is 567. The van der Waals surface area contributed by atoms with Crippen LogP contribution < -0.4 is 15.8 Å². The van der Waals surface area contributed by atoms with Crippen LogP contribution in [0.4, 0.5) is 10.5 Å². The molecule has 3 amide bonds. The Morgan fingerprint density at radius 1 is 1.55 bits per heavy atom. The van der Waals surface area contributed by atoms with E-state index >= 15 is 0 Å². The number of rotatable bonds is 4. The van der Waals surface area contributed by atoms with Gasteiger partial charge in [-0.3, -0.25) is 4.79 Å². The van der Waals surface area contributed by atoms with Crippen molar-refractivity contribution in [3.8, 4) is 5.75 Å². The largest absolute Gasteiger partial charge is 0.490 e. The molecule has 3 N–H and O–H groups in total. The molecule has 0 unspecified atom stereocenters. The predicted octanol–water partition coefficient (Wildman–Crippen LogP) is 1.46. The van der Waals surface area contributed by atoms with Gasteiger partial charge in [0.1, 0.15) is 0 Å². The minimum atomic E-state index is -0.787. The number of carbonyl (C=O) groups is 2. The number of ether oxygens (including phenoxy) is 2. The number of nitrogens with one attached hydrogen (secondary N) is 1. The average Bonchev–Trinajstić information content (AvgIpc) is 2.51. The molecule has 7 nitrogen and oxygen atoms in total. The standard InChI is InChI=1S/C14H18ClN3O4/c1-2-21-12-9(15)4-3-5-10(12)17-14(20)18-6-7-22-11(8-18)13(16)19/h3-5,11H,2,6-8H2,1H3,(H2,16,19)(H,17,20)/t11-/m1/s1. The van der Waals surface area contributed by atoms with Gasteiger partial charge in [0.2, 0.25) is 5.91 Å². The fourth-order valence-corrected chi connectivity index (χ4v) is 2.33. The van der Waals surface area contributed by atoms with Gasteiger partial charge in [0.15, 0.2) is 11.9 Å². The molecule has 0 saturated carbocycles. The monoisotopic (exact) mass is 327 g/mol. The van der Waals surface area contributed by atoms with Gasteiger partial charge in [0, 0.05) is 6.54 Å². The molecule has 120 valence electrons. The average molecular weight is 328 g/mol. The lowest BCUT2D eigenvalue weighted by atomic mass is 10.2. The Labute approximate surface area is 133 Å². The first-order chi connectivity index (χ1) is 10.5. The maximum absolute atomic E-state index is 12.3. The number of anilines is 1. The Hall–Kier alpha value is -1.99. The summed E-state index contributed by atoms with van der Waals surface area (Å²) in [4.78, 5) is 24.9. The lowest BCUT2D eigenvalue weighted by Crippen LogP contribution is -2.51. The van der Waals surface area contributed by atoms with E-state index in [9.17, 15) is 9.59 Å². The smallest absolute Gasteiger partial charge is 0.322 e. The molecule has 2 rings (SSSR count). The van der Waals surface area contributed by atoms with Gasteiger partial charge in [-0.15, -0.1) is 0 Å². The SMILES string of the molecule is CCOc1c(Cl)cccc1NC(=O)N1CCO[C@@H](C(N)=O)C1. The zero-order valence-electron chi connectivity index (χ0n) is 12.2. The summed E-state index contributed by atoms with van der Waals surface area (Å²) in [5.41, 5.74) is 5.68. The van der Waals surface area contributed by atoms with Crippen molar-refractivity contribution in [1.82, 2.24) is 4.90 Å². The molecule has 0 aromatic heterocycles. The molecule has 0 bridgehead atoms. The summed E-state index contributed by atoms with van der Waals surface area (Å²) < 4.78 is 10.7. The topological polar surface area (TPSA) is 93.9 Å². The first-order valence-corrected chi connectivity index (χ1v) is 7.29. The summed E-state index contributed by atoms with van der Waals surface area (Å²) in [6.45, 7) is 3.00. The van der Waals surface area contributed by atoms with Crippen molar-refractivity contribution in [2.45, 2.75) is 13.0 Å². The minimum absolute atomic E-state index is 0.117. The van der Waals surface area contributed by atoms with Crippen LogP contribution in [0.25, 0.3) is 0 Å². The number of nitrogens with two attached hydrogens (primary N) is 1. The van der Waals surface area contributed by atoms with Gasteiger partial charge in [0.25, 0.3) is 0 Å². The van der Waals surface area contributed by atoms with Gasteiger partial charge in [-0.1, -0.05) is 17.7 Å². The lowest BCUT2D eigenvalue weighted by molar-refractivity contribution is -0.133. The molecule has 1 saturated heterocycles. The number of urea groups is 1. The summed E-state index contributed by atoms with van der Waals surface area (Å²) in [5.74, 6) is -0.171. The van der Waals surface area contributed by atoms with Crippen molar-refractivity contribution >= 4 is 29.2 Å². The third kappa shape index (κ3) is 3.80. The van der Waals surface area contributed by atoms with Gasteiger partial charge in [0.05, 0.1) is 30.5 Å². The molecule has 1 aliphatic heterocycles. The van der Waals surface area contributed by atoms with Gasteiger partial charge in [-0.05, 0) is 19.1 Å². The van der Waals surface area contributed by atoms with Crippen molar-refractivity contribution in [2.75, 3.05) is 31.6 Å². The van der Waals surface area contributed by atoms with E-state index in [1.54, 1.807) is 18.2 Å². The lowest BCUT2D eigenvalue weighted by Gasteiger charge is -2.31. The van der Waals surface area contributed by atoms with E-state index in [0.29, 0.717) is 29.6 Å². The zero-order valence-corrected chi connectivity index (χ0v) is 12.9. The third-order valence-electron chi connectivity index (χ3n) is 3.17. The number of amides is 3. The van der Waals surface area contributed by atoms with Crippen LogP contribution in [0.1, 0.15) is 6.92 Å². The van der Waals surface area contributed by atoms with Crippen LogP contribution in [-0.4, -0.2) is 49.2 Å². The second-order valence-corrected chi connectivity index (χ2v) is 5.09. The van der Waals surface area contributed by atoms with E-state index in [1.807, 2.05) is 6.92 Å². The molecule has 1 aromatic rings. The summed E-state index contributed by atoms with van der Waals surface area (Å²) in [7, 11) is 0. The van der Waals surface area contributed by atoms with Crippen LogP contribution in [0.2, 0.25) is 5.02 Å². The highest BCUT2D eigenvalue weighted by Crippen LogP contribution is 2.33. The van der Waals surface area contributed by atoms with E-state index < -0.39 is 12.0 Å². The van der Waals surface area contributed by atoms with Gasteiger partial charge in [-0.25, -0.2) is 4.79 Å². The minimum Gasteiger partial charge on any atom is -0.490 e. The van der Waals surface area contributed by atoms with Gasteiger partial charge < -0.3 is 25.4 Å². The predicted molar refractivity (Wildman–Crippen MR) is 82.1 cm³/mol. The Kier molecular flexibility index (Phi) is 5.46. The molecule has 0 aliphatic carbocycles. The van der Waals surface area contributed by atoms with Crippen LogP contribution in [0, 0.1) is 0 Å². The first kappa shape index (κ1) is 16.4. The molecule has 0 spiro atoms. The van der Waals surface area contributed by atoms with Crippen molar-refractivity contribution in [3.63, 3.8) is 0 Å². The summed E-state index contributed by atoms with van der Waals surface area (Å²) in [6.07, 6.45) is -0.787. The van der Waals surface area contributed by atoms with E-state index in [1.165, 1.54) is 4.90 Å². The van der Waals surface area contributed by atoms with E-state index in [2.05, 4.69) is 5.32 Å². The Morgan fingerprint density at radius 3 is 3.00 bits per heavy atom. The van der Waals surface area contributed by atoms with Crippen molar-refractivity contribution in [3.05, 3.63) is 23.2 Å². The van der Waals surface area contributed by atoms with Gasteiger partial charge in [-0.2, -0.15) is 0 Å². The maximum Gasteiger partial charge on any atom is 0.322 e. The quantitative estimate of drug-likeness (QED) is 0.875. The molecule has 0 radical (unpaired) electrons. The number of halogens is 1. The highest BCUT2D eigenvalue weighted by molar-refractivity contribution is 6.32. The number of carbonyl (C=O) groups excluding carboxylic acids is 2. The second kappa shape index (κ2) is 7.33. The van der Waals surface area contributed by atoms with E-state index in [4.69, 9.17) is 26.8 Å². The molecule has 1 aliphatic rings. The zero-order chi connectivity index (χ0) is 16.1. The molecule has 8 heteroatoms. The Morgan fingerprint density at radius 2 is 2.32 bits per heavy atom. The van der Waals surface area contributed by atoms with Crippen LogP contribution in [0.15, 0.2) is 18.2 Å². The van der Waals surface area contributed by atoms with Gasteiger partial charge >= 0.3 is 6.03 Å². The number of hydrogen-bond acceptors (Lipinski definition) is 4. The normalized spacial score (nSPS) is 17.9. The van der Waals surface area contributed by atoms with Crippen LogP contribution in [0.5, 0.6) is 5.75 Å². The Balaban J connectivity index is 2.09. The van der Waals surface area contributed by atoms with Crippen molar-refractivity contribution in [1.29, 1.82) is 0 Å².